The third-order valence-electron chi connectivity index (χ3n) is 8.25. The minimum absolute atomic E-state index is 0.0963. The Bertz CT molecular complexity index is 1490. The molecule has 2 aliphatic rings. The fourth-order valence-corrected chi connectivity index (χ4v) is 6.47. The van der Waals surface area contributed by atoms with Crippen molar-refractivity contribution in [1.29, 1.82) is 0 Å². The van der Waals surface area contributed by atoms with Crippen molar-refractivity contribution in [1.82, 2.24) is 24.6 Å². The van der Waals surface area contributed by atoms with Gasteiger partial charge in [-0.2, -0.15) is 13.2 Å². The number of aromatic nitrogens is 4. The average Bonchev–Trinajstić information content (AvgIpc) is 3.52. The van der Waals surface area contributed by atoms with Crippen molar-refractivity contribution in [3.63, 3.8) is 0 Å². The number of methoxy groups -OCH3 is 1. The summed E-state index contributed by atoms with van der Waals surface area (Å²) < 4.78 is 55.8. The monoisotopic (exact) mass is 539 g/mol. The van der Waals surface area contributed by atoms with Crippen molar-refractivity contribution in [2.45, 2.75) is 56.8 Å². The van der Waals surface area contributed by atoms with Gasteiger partial charge in [-0.25, -0.2) is 4.98 Å². The second kappa shape index (κ2) is 9.75. The maximum atomic E-state index is 14.2. The summed E-state index contributed by atoms with van der Waals surface area (Å²) >= 11 is 0. The number of ether oxygens (including phenoxy) is 1. The van der Waals surface area contributed by atoms with Crippen LogP contribution in [0.25, 0.3) is 22.6 Å². The minimum atomic E-state index is -4.57. The van der Waals surface area contributed by atoms with E-state index in [1.807, 2.05) is 35.9 Å². The van der Waals surface area contributed by atoms with E-state index in [0.717, 1.165) is 43.6 Å². The lowest BCUT2D eigenvalue weighted by molar-refractivity contribution is -0.136. The fraction of sp³-hybridized carbons (Fsp3) is 0.483. The van der Waals surface area contributed by atoms with Gasteiger partial charge < -0.3 is 13.7 Å². The van der Waals surface area contributed by atoms with E-state index < -0.39 is 11.7 Å². The van der Waals surface area contributed by atoms with Gasteiger partial charge in [0.25, 0.3) is 0 Å². The zero-order valence-corrected chi connectivity index (χ0v) is 22.3. The van der Waals surface area contributed by atoms with E-state index in [4.69, 9.17) is 9.15 Å². The Kier molecular flexibility index (Phi) is 6.50. The molecule has 0 bridgehead atoms. The molecule has 7 nitrogen and oxygen atoms in total. The minimum Gasteiger partial charge on any atom is -0.435 e. The molecule has 4 aromatic rings. The van der Waals surface area contributed by atoms with Crippen LogP contribution in [0.4, 0.5) is 13.2 Å². The summed E-state index contributed by atoms with van der Waals surface area (Å²) in [5.74, 6) is 1.58. The number of nitrogens with zero attached hydrogens (tertiary/aromatic N) is 5. The Morgan fingerprint density at radius 1 is 1.18 bits per heavy atom. The topological polar surface area (TPSA) is 69.2 Å². The van der Waals surface area contributed by atoms with Gasteiger partial charge in [0.2, 0.25) is 5.89 Å². The van der Waals surface area contributed by atoms with Crippen molar-refractivity contribution in [3.05, 3.63) is 65.2 Å². The summed E-state index contributed by atoms with van der Waals surface area (Å²) in [7, 11) is 3.61. The lowest BCUT2D eigenvalue weighted by atomic mass is 9.58. The molecule has 6 rings (SSSR count). The van der Waals surface area contributed by atoms with Crippen LogP contribution in [0.2, 0.25) is 0 Å². The highest BCUT2D eigenvalue weighted by atomic mass is 19.4. The number of halogens is 3. The number of alkyl halides is 3. The smallest absolute Gasteiger partial charge is 0.420 e. The van der Waals surface area contributed by atoms with Crippen LogP contribution in [-0.4, -0.2) is 51.0 Å². The van der Waals surface area contributed by atoms with E-state index in [1.165, 1.54) is 6.07 Å². The molecule has 2 fully saturated rings. The number of hydrogen-bond acceptors (Lipinski definition) is 6. The Balaban J connectivity index is 1.38. The highest BCUT2D eigenvalue weighted by molar-refractivity contribution is 5.81. The van der Waals surface area contributed by atoms with Gasteiger partial charge in [0.1, 0.15) is 23.2 Å². The zero-order chi connectivity index (χ0) is 27.4. The van der Waals surface area contributed by atoms with Gasteiger partial charge in [-0.15, -0.1) is 10.2 Å². The molecule has 1 aliphatic heterocycles. The first-order chi connectivity index (χ1) is 18.7. The molecule has 1 aliphatic carbocycles. The SMILES string of the molecule is CO[C@@H]1CCCN(Cc2cc(C(F)(F)F)c3oc(-c4cccc(C5(c6nncn6C)CC(C)C5)c4)nc3c2)C1. The van der Waals surface area contributed by atoms with Gasteiger partial charge >= 0.3 is 6.18 Å². The quantitative estimate of drug-likeness (QED) is 0.301. The first kappa shape index (κ1) is 26.0. The molecule has 1 atom stereocenters. The molecule has 0 spiro atoms. The number of likely N-dealkylation sites (tertiary alicyclic amines) is 1. The van der Waals surface area contributed by atoms with Crippen molar-refractivity contribution >= 4 is 11.1 Å². The Labute approximate surface area is 225 Å². The molecule has 1 saturated carbocycles. The molecule has 2 aromatic carbocycles. The van der Waals surface area contributed by atoms with Crippen molar-refractivity contribution in [2.75, 3.05) is 20.2 Å². The maximum absolute atomic E-state index is 14.2. The zero-order valence-electron chi connectivity index (χ0n) is 22.3. The Hall–Kier alpha value is -3.24. The second-order valence-corrected chi connectivity index (χ2v) is 11.2. The number of benzene rings is 2. The molecule has 0 unspecified atom stereocenters. The Morgan fingerprint density at radius 3 is 2.69 bits per heavy atom. The van der Waals surface area contributed by atoms with E-state index in [9.17, 15) is 13.2 Å². The lowest BCUT2D eigenvalue weighted by Gasteiger charge is -2.46. The first-order valence-electron chi connectivity index (χ1n) is 13.4. The molecule has 0 radical (unpaired) electrons. The van der Waals surface area contributed by atoms with E-state index in [1.54, 1.807) is 19.5 Å². The largest absolute Gasteiger partial charge is 0.435 e. The van der Waals surface area contributed by atoms with Gasteiger partial charge in [-0.3, -0.25) is 4.90 Å². The number of fused-ring (bicyclic) bond motifs is 1. The summed E-state index contributed by atoms with van der Waals surface area (Å²) in [4.78, 5) is 6.70. The Morgan fingerprint density at radius 2 is 2.00 bits per heavy atom. The van der Waals surface area contributed by atoms with Crippen molar-refractivity contribution in [3.8, 4) is 11.5 Å². The van der Waals surface area contributed by atoms with Crippen LogP contribution < -0.4 is 0 Å². The van der Waals surface area contributed by atoms with Gasteiger partial charge in [0, 0.05) is 32.8 Å². The maximum Gasteiger partial charge on any atom is 0.420 e. The van der Waals surface area contributed by atoms with Gasteiger partial charge in [-0.1, -0.05) is 19.1 Å². The van der Waals surface area contributed by atoms with Crippen LogP contribution in [0.5, 0.6) is 0 Å². The fourth-order valence-electron chi connectivity index (χ4n) is 6.47. The lowest BCUT2D eigenvalue weighted by Crippen LogP contribution is -2.43. The summed E-state index contributed by atoms with van der Waals surface area (Å²) in [6.45, 7) is 4.12. The van der Waals surface area contributed by atoms with Crippen molar-refractivity contribution < 1.29 is 22.3 Å². The normalized spacial score (nSPS) is 24.3. The highest BCUT2D eigenvalue weighted by Crippen LogP contribution is 2.52. The second-order valence-electron chi connectivity index (χ2n) is 11.2. The van der Waals surface area contributed by atoms with Crippen LogP contribution in [0.1, 0.15) is 55.1 Å². The number of oxazole rings is 1. The molecule has 10 heteroatoms. The number of aryl methyl sites for hydroxylation is 1. The van der Waals surface area contributed by atoms with Crippen LogP contribution in [0, 0.1) is 5.92 Å². The molecule has 39 heavy (non-hydrogen) atoms. The molecule has 2 aromatic heterocycles. The predicted octanol–water partition coefficient (Wildman–Crippen LogP) is 5.97. The standard InChI is InChI=1S/C29H32F3N5O2/c1-18-13-28(14-18,27-35-33-17-36(27)2)21-7-4-6-20(12-21)26-34-24-11-19(10-23(25(24)39-26)29(30,31)32)15-37-9-5-8-22(16-37)38-3/h4,6-7,10-12,17-18,22H,5,8-9,13-16H2,1-3H3/t18?,22-,28?/m1/s1. The van der Waals surface area contributed by atoms with Crippen molar-refractivity contribution in [2.24, 2.45) is 13.0 Å². The highest BCUT2D eigenvalue weighted by Gasteiger charge is 2.48. The van der Waals surface area contributed by atoms with E-state index in [2.05, 4.69) is 27.0 Å². The summed E-state index contributed by atoms with van der Waals surface area (Å²) in [5.41, 5.74) is 1.11. The van der Waals surface area contributed by atoms with Gasteiger partial charge in [0.15, 0.2) is 5.58 Å². The third-order valence-corrected chi connectivity index (χ3v) is 8.25. The van der Waals surface area contributed by atoms with Crippen LogP contribution >= 0.6 is 0 Å². The van der Waals surface area contributed by atoms with Crippen LogP contribution in [0.3, 0.4) is 0 Å². The number of rotatable bonds is 6. The van der Waals surface area contributed by atoms with E-state index in [-0.39, 0.29) is 28.5 Å². The van der Waals surface area contributed by atoms with Gasteiger partial charge in [0.05, 0.1) is 11.5 Å². The summed E-state index contributed by atoms with van der Waals surface area (Å²) in [5, 5.41) is 8.49. The summed E-state index contributed by atoms with van der Waals surface area (Å²) in [6.07, 6.45) is 0.964. The number of hydrogen-bond donors (Lipinski definition) is 0. The third kappa shape index (κ3) is 4.74. The van der Waals surface area contributed by atoms with E-state index in [0.29, 0.717) is 30.1 Å². The molecule has 0 N–H and O–H groups in total. The predicted molar refractivity (Wildman–Crippen MR) is 140 cm³/mol. The molecular weight excluding hydrogens is 507 g/mol. The van der Waals surface area contributed by atoms with Crippen LogP contribution in [-0.2, 0) is 29.9 Å². The molecular formula is C29H32F3N5O2. The molecule has 3 heterocycles. The number of piperidine rings is 1. The van der Waals surface area contributed by atoms with Crippen LogP contribution in [0.15, 0.2) is 47.1 Å². The summed E-state index contributed by atoms with van der Waals surface area (Å²) in [6, 6.07) is 10.7. The molecule has 206 valence electrons. The van der Waals surface area contributed by atoms with Gasteiger partial charge in [-0.05, 0) is 73.5 Å². The first-order valence-corrected chi connectivity index (χ1v) is 13.4. The molecule has 0 amide bonds. The molecule has 1 saturated heterocycles. The van der Waals surface area contributed by atoms with E-state index >= 15 is 0 Å². The average molecular weight is 540 g/mol.